The van der Waals surface area contributed by atoms with Crippen LogP contribution in [0.2, 0.25) is 0 Å². The number of hydrogen-bond donors (Lipinski definition) is 4. The fourth-order valence-electron chi connectivity index (χ4n) is 6.81. The summed E-state index contributed by atoms with van der Waals surface area (Å²) in [5, 5.41) is 9.00. The summed E-state index contributed by atoms with van der Waals surface area (Å²) in [6.45, 7) is 10.2. The van der Waals surface area contributed by atoms with Crippen molar-refractivity contribution in [3.8, 4) is 0 Å². The maximum atomic E-state index is 14.3. The SMILES string of the molecule is CC(C)[C@@H]1C[C@@H](C(=O)NC(CC2CC2)C(=O)C(N)=O)N(C(=O)[C@@H](NC(=O)NC2(Cc3ccccc3)CCCC2)C(C)(C)C)C1. The lowest BCUT2D eigenvalue weighted by Gasteiger charge is -2.37. The summed E-state index contributed by atoms with van der Waals surface area (Å²) in [5.74, 6) is -2.15. The Morgan fingerprint density at radius 2 is 1.64 bits per heavy atom. The van der Waals surface area contributed by atoms with Gasteiger partial charge in [-0.25, -0.2) is 4.79 Å². The van der Waals surface area contributed by atoms with Gasteiger partial charge in [-0.1, -0.05) is 90.6 Å². The summed E-state index contributed by atoms with van der Waals surface area (Å²) < 4.78 is 0. The highest BCUT2D eigenvalue weighted by Crippen LogP contribution is 2.36. The normalized spacial score (nSPS) is 22.7. The van der Waals surface area contributed by atoms with Crippen molar-refractivity contribution in [2.45, 2.75) is 116 Å². The van der Waals surface area contributed by atoms with E-state index in [0.29, 0.717) is 25.8 Å². The largest absolute Gasteiger partial charge is 0.363 e. The molecule has 2 saturated carbocycles. The molecule has 3 fully saturated rings. The van der Waals surface area contributed by atoms with Gasteiger partial charge in [0.2, 0.25) is 17.6 Å². The van der Waals surface area contributed by atoms with E-state index in [4.69, 9.17) is 5.73 Å². The molecule has 2 aliphatic carbocycles. The molecule has 0 radical (unpaired) electrons. The number of carbonyl (C=O) groups excluding carboxylic acids is 5. The minimum absolute atomic E-state index is 0.0606. The smallest absolute Gasteiger partial charge is 0.315 e. The molecule has 242 valence electrons. The van der Waals surface area contributed by atoms with E-state index in [2.05, 4.69) is 41.9 Å². The highest BCUT2D eigenvalue weighted by Gasteiger charge is 2.47. The lowest BCUT2D eigenvalue weighted by molar-refractivity contribution is -0.143. The van der Waals surface area contributed by atoms with Crippen molar-refractivity contribution in [3.63, 3.8) is 0 Å². The number of nitrogens with one attached hydrogen (secondary N) is 3. The first-order chi connectivity index (χ1) is 20.7. The molecule has 5 N–H and O–H groups in total. The van der Waals surface area contributed by atoms with E-state index in [9.17, 15) is 24.0 Å². The van der Waals surface area contributed by atoms with Gasteiger partial charge in [-0.3, -0.25) is 19.2 Å². The molecular formula is C34H51N5O5. The van der Waals surface area contributed by atoms with Gasteiger partial charge in [0.25, 0.3) is 5.91 Å². The zero-order chi connectivity index (χ0) is 32.2. The fraction of sp³-hybridized carbons (Fsp3) is 0.676. The number of nitrogens with zero attached hydrogens (tertiary/aromatic N) is 1. The van der Waals surface area contributed by atoms with E-state index in [1.165, 1.54) is 0 Å². The molecule has 3 aliphatic rings. The van der Waals surface area contributed by atoms with Gasteiger partial charge in [0, 0.05) is 12.1 Å². The van der Waals surface area contributed by atoms with Gasteiger partial charge in [-0.15, -0.1) is 0 Å². The minimum Gasteiger partial charge on any atom is -0.363 e. The number of carbonyl (C=O) groups is 5. The van der Waals surface area contributed by atoms with E-state index >= 15 is 0 Å². The summed E-state index contributed by atoms with van der Waals surface area (Å²) in [4.78, 5) is 67.4. The van der Waals surface area contributed by atoms with Crippen LogP contribution in [0.3, 0.4) is 0 Å². The maximum Gasteiger partial charge on any atom is 0.315 e. The summed E-state index contributed by atoms with van der Waals surface area (Å²) in [7, 11) is 0. The topological polar surface area (TPSA) is 151 Å². The summed E-state index contributed by atoms with van der Waals surface area (Å²) >= 11 is 0. The summed E-state index contributed by atoms with van der Waals surface area (Å²) in [6.07, 6.45) is 7.15. The van der Waals surface area contributed by atoms with Crippen molar-refractivity contribution in [1.29, 1.82) is 0 Å². The molecule has 44 heavy (non-hydrogen) atoms. The molecule has 4 rings (SSSR count). The highest BCUT2D eigenvalue weighted by molar-refractivity contribution is 6.37. The van der Waals surface area contributed by atoms with Crippen LogP contribution in [0, 0.1) is 23.2 Å². The number of benzene rings is 1. The number of Topliss-reactive ketones (excluding diaryl/α,β-unsaturated/α-hetero) is 1. The highest BCUT2D eigenvalue weighted by atomic mass is 16.2. The molecule has 0 spiro atoms. The molecule has 1 aromatic carbocycles. The zero-order valence-corrected chi connectivity index (χ0v) is 27.0. The van der Waals surface area contributed by atoms with Gasteiger partial charge < -0.3 is 26.6 Å². The molecule has 1 aromatic rings. The number of amides is 5. The Balaban J connectivity index is 1.51. The molecule has 1 unspecified atom stereocenters. The lowest BCUT2D eigenvalue weighted by Crippen LogP contribution is -2.62. The van der Waals surface area contributed by atoms with E-state index < -0.39 is 47.2 Å². The van der Waals surface area contributed by atoms with Crippen molar-refractivity contribution in [3.05, 3.63) is 35.9 Å². The third kappa shape index (κ3) is 8.39. The predicted molar refractivity (Wildman–Crippen MR) is 168 cm³/mol. The second-order valence-electron chi connectivity index (χ2n) is 14.8. The van der Waals surface area contributed by atoms with Crippen LogP contribution in [0.4, 0.5) is 4.79 Å². The van der Waals surface area contributed by atoms with Crippen molar-refractivity contribution in [2.75, 3.05) is 6.54 Å². The fourth-order valence-corrected chi connectivity index (χ4v) is 6.81. The molecule has 1 heterocycles. The van der Waals surface area contributed by atoms with Crippen LogP contribution >= 0.6 is 0 Å². The van der Waals surface area contributed by atoms with Crippen molar-refractivity contribution in [1.82, 2.24) is 20.9 Å². The number of nitrogens with two attached hydrogens (primary N) is 1. The number of ketones is 1. The average Bonchev–Trinajstić information content (AvgIpc) is 3.46. The van der Waals surface area contributed by atoms with Crippen LogP contribution in [0.15, 0.2) is 30.3 Å². The van der Waals surface area contributed by atoms with Crippen LogP contribution in [0.1, 0.15) is 91.5 Å². The zero-order valence-electron chi connectivity index (χ0n) is 27.0. The number of primary amides is 1. The molecule has 1 aliphatic heterocycles. The molecule has 0 bridgehead atoms. The Bertz CT molecular complexity index is 1220. The van der Waals surface area contributed by atoms with Gasteiger partial charge >= 0.3 is 6.03 Å². The summed E-state index contributed by atoms with van der Waals surface area (Å²) in [6, 6.07) is 6.98. The molecule has 1 saturated heterocycles. The second-order valence-corrected chi connectivity index (χ2v) is 14.8. The molecule has 4 atom stereocenters. The van der Waals surface area contributed by atoms with Crippen molar-refractivity contribution >= 4 is 29.5 Å². The standard InChI is InChI=1S/C34H51N5O5/c1-21(2)24-18-26(30(42)36-25(17-22-13-14-22)27(40)29(35)41)39(20-24)31(43)28(33(3,4)5)37-32(44)38-34(15-9-10-16-34)19-23-11-7-6-8-12-23/h6-8,11-12,21-22,24-26,28H,9-10,13-20H2,1-5H3,(H2,35,41)(H,36,42)(H2,37,38,44)/t24-,25?,26+,28-/m1/s1. The maximum absolute atomic E-state index is 14.3. The third-order valence-corrected chi connectivity index (χ3v) is 9.72. The molecular weight excluding hydrogens is 558 g/mol. The van der Waals surface area contributed by atoms with E-state index in [0.717, 1.165) is 44.1 Å². The quantitative estimate of drug-likeness (QED) is 0.268. The first-order valence-corrected chi connectivity index (χ1v) is 16.3. The Morgan fingerprint density at radius 1 is 1.00 bits per heavy atom. The van der Waals surface area contributed by atoms with Gasteiger partial charge in [-0.2, -0.15) is 0 Å². The average molecular weight is 610 g/mol. The first kappa shape index (κ1) is 33.5. The van der Waals surface area contributed by atoms with Crippen LogP contribution in [0.25, 0.3) is 0 Å². The van der Waals surface area contributed by atoms with Gasteiger partial charge in [0.05, 0.1) is 6.04 Å². The molecule has 0 aromatic heterocycles. The Hall–Kier alpha value is -3.43. The predicted octanol–water partition coefficient (Wildman–Crippen LogP) is 3.47. The first-order valence-electron chi connectivity index (χ1n) is 16.3. The monoisotopic (exact) mass is 609 g/mol. The van der Waals surface area contributed by atoms with E-state index in [-0.39, 0.29) is 29.2 Å². The lowest BCUT2D eigenvalue weighted by atomic mass is 9.85. The van der Waals surface area contributed by atoms with Gasteiger partial charge in [0.15, 0.2) is 0 Å². The summed E-state index contributed by atoms with van der Waals surface area (Å²) in [5.41, 5.74) is 5.41. The van der Waals surface area contributed by atoms with Crippen LogP contribution < -0.4 is 21.7 Å². The van der Waals surface area contributed by atoms with Gasteiger partial charge in [0.1, 0.15) is 12.1 Å². The third-order valence-electron chi connectivity index (χ3n) is 9.72. The van der Waals surface area contributed by atoms with E-state index in [1.54, 1.807) is 4.90 Å². The minimum atomic E-state index is -1.08. The molecule has 10 heteroatoms. The molecule has 10 nitrogen and oxygen atoms in total. The number of urea groups is 1. The Morgan fingerprint density at radius 3 is 2.18 bits per heavy atom. The Labute approximate surface area is 261 Å². The Kier molecular flexibility index (Phi) is 10.4. The number of hydrogen-bond acceptors (Lipinski definition) is 5. The van der Waals surface area contributed by atoms with Crippen LogP contribution in [-0.2, 0) is 25.6 Å². The van der Waals surface area contributed by atoms with E-state index in [1.807, 2.05) is 39.0 Å². The molecule has 5 amide bonds. The van der Waals surface area contributed by atoms with Crippen LogP contribution in [-0.4, -0.2) is 64.6 Å². The number of rotatable bonds is 12. The number of likely N-dealkylation sites (tertiary alicyclic amines) is 1. The van der Waals surface area contributed by atoms with Crippen molar-refractivity contribution < 1.29 is 24.0 Å². The second kappa shape index (κ2) is 13.7. The van der Waals surface area contributed by atoms with Crippen molar-refractivity contribution in [2.24, 2.45) is 28.9 Å². The van der Waals surface area contributed by atoms with Crippen LogP contribution in [0.5, 0.6) is 0 Å². The van der Waals surface area contributed by atoms with Gasteiger partial charge in [-0.05, 0) is 60.8 Å².